The van der Waals surface area contributed by atoms with Crippen LogP contribution in [0.3, 0.4) is 0 Å². The maximum absolute atomic E-state index is 12.2. The van der Waals surface area contributed by atoms with Crippen molar-refractivity contribution in [2.45, 2.75) is 11.8 Å². The van der Waals surface area contributed by atoms with E-state index in [1.807, 2.05) is 66.1 Å². The van der Waals surface area contributed by atoms with E-state index in [0.29, 0.717) is 6.54 Å². The van der Waals surface area contributed by atoms with E-state index in [2.05, 4.69) is 5.32 Å². The number of benzene rings is 2. The number of hydrogen-bond donors (Lipinski definition) is 1. The Morgan fingerprint density at radius 2 is 1.70 bits per heavy atom. The molecular formula is C16H14N2OS. The van der Waals surface area contributed by atoms with Crippen molar-refractivity contribution in [2.24, 2.45) is 0 Å². The summed E-state index contributed by atoms with van der Waals surface area (Å²) in [6, 6.07) is 19.0. The molecule has 1 unspecified atom stereocenters. The van der Waals surface area contributed by atoms with Crippen molar-refractivity contribution in [1.29, 1.82) is 5.26 Å². The predicted octanol–water partition coefficient (Wildman–Crippen LogP) is 3.26. The number of amides is 1. The van der Waals surface area contributed by atoms with Gasteiger partial charge in [0.15, 0.2) is 0 Å². The first-order valence-corrected chi connectivity index (χ1v) is 7.10. The zero-order chi connectivity index (χ0) is 14.2. The summed E-state index contributed by atoms with van der Waals surface area (Å²) in [7, 11) is 0. The molecule has 100 valence electrons. The van der Waals surface area contributed by atoms with Gasteiger partial charge in [-0.2, -0.15) is 5.26 Å². The Balaban J connectivity index is 2.03. The lowest BCUT2D eigenvalue weighted by atomic mass is 10.1. The second-order valence-electron chi connectivity index (χ2n) is 4.20. The largest absolute Gasteiger partial charge is 0.351 e. The third-order valence-electron chi connectivity index (χ3n) is 2.82. The average Bonchev–Trinajstić information content (AvgIpc) is 2.52. The Bertz CT molecular complexity index is 593. The summed E-state index contributed by atoms with van der Waals surface area (Å²) in [6.07, 6.45) is 0. The molecule has 0 aliphatic carbocycles. The van der Waals surface area contributed by atoms with Crippen LogP contribution in [0, 0.1) is 10.7 Å². The topological polar surface area (TPSA) is 52.9 Å². The smallest absolute Gasteiger partial charge is 0.238 e. The molecule has 1 atom stereocenters. The van der Waals surface area contributed by atoms with Crippen molar-refractivity contribution in [3.05, 3.63) is 71.8 Å². The zero-order valence-corrected chi connectivity index (χ0v) is 11.6. The maximum Gasteiger partial charge on any atom is 0.238 e. The first-order chi connectivity index (χ1) is 9.81. The van der Waals surface area contributed by atoms with Crippen LogP contribution in [0.25, 0.3) is 0 Å². The highest BCUT2D eigenvalue weighted by atomic mass is 32.2. The molecule has 0 aliphatic rings. The number of nitrogens with one attached hydrogen (secondary N) is 1. The molecule has 0 bridgehead atoms. The standard InChI is InChI=1S/C16H14N2OS/c17-12-20-15(14-9-5-2-6-10-14)16(19)18-11-13-7-3-1-4-8-13/h1-10,15H,11H2,(H,18,19). The van der Waals surface area contributed by atoms with Gasteiger partial charge in [-0.1, -0.05) is 60.7 Å². The monoisotopic (exact) mass is 282 g/mol. The minimum atomic E-state index is -0.495. The Kier molecular flexibility index (Phi) is 5.22. The summed E-state index contributed by atoms with van der Waals surface area (Å²) in [5.41, 5.74) is 1.87. The molecule has 4 heteroatoms. The molecule has 1 amide bonds. The van der Waals surface area contributed by atoms with Gasteiger partial charge in [-0.15, -0.1) is 0 Å². The highest BCUT2D eigenvalue weighted by Crippen LogP contribution is 2.27. The Morgan fingerprint density at radius 1 is 1.10 bits per heavy atom. The number of rotatable bonds is 5. The third kappa shape index (κ3) is 3.87. The van der Waals surface area contributed by atoms with Crippen LogP contribution >= 0.6 is 11.8 Å². The Morgan fingerprint density at radius 3 is 2.30 bits per heavy atom. The highest BCUT2D eigenvalue weighted by molar-refractivity contribution is 8.04. The summed E-state index contributed by atoms with van der Waals surface area (Å²) in [6.45, 7) is 0.467. The molecule has 0 aromatic heterocycles. The molecule has 3 nitrogen and oxygen atoms in total. The van der Waals surface area contributed by atoms with Crippen LogP contribution in [0.4, 0.5) is 0 Å². The molecule has 0 saturated carbocycles. The fraction of sp³-hybridized carbons (Fsp3) is 0.125. The van der Waals surface area contributed by atoms with Crippen molar-refractivity contribution < 1.29 is 4.79 Å². The molecule has 1 N–H and O–H groups in total. The van der Waals surface area contributed by atoms with Gasteiger partial charge in [0.05, 0.1) is 0 Å². The van der Waals surface area contributed by atoms with Gasteiger partial charge in [0.25, 0.3) is 0 Å². The maximum atomic E-state index is 12.2. The van der Waals surface area contributed by atoms with E-state index in [9.17, 15) is 4.79 Å². The van der Waals surface area contributed by atoms with Gasteiger partial charge < -0.3 is 5.32 Å². The molecule has 2 rings (SSSR count). The summed E-state index contributed by atoms with van der Waals surface area (Å²) >= 11 is 0.966. The number of hydrogen-bond acceptors (Lipinski definition) is 3. The Labute approximate surface area is 122 Å². The van der Waals surface area contributed by atoms with Crippen molar-refractivity contribution in [3.63, 3.8) is 0 Å². The van der Waals surface area contributed by atoms with Crippen LogP contribution in [0.1, 0.15) is 16.4 Å². The van der Waals surface area contributed by atoms with E-state index >= 15 is 0 Å². The average molecular weight is 282 g/mol. The fourth-order valence-corrected chi connectivity index (χ4v) is 2.42. The van der Waals surface area contributed by atoms with Gasteiger partial charge in [-0.05, 0) is 22.9 Å². The number of nitrogens with zero attached hydrogens (tertiary/aromatic N) is 1. The van der Waals surface area contributed by atoms with Gasteiger partial charge in [0, 0.05) is 6.54 Å². The number of carbonyl (C=O) groups is 1. The van der Waals surface area contributed by atoms with Crippen LogP contribution in [0.2, 0.25) is 0 Å². The minimum absolute atomic E-state index is 0.147. The van der Waals surface area contributed by atoms with Crippen LogP contribution < -0.4 is 5.32 Å². The number of carbonyl (C=O) groups excluding carboxylic acids is 1. The van der Waals surface area contributed by atoms with Crippen LogP contribution in [-0.4, -0.2) is 5.91 Å². The summed E-state index contributed by atoms with van der Waals surface area (Å²) in [5.74, 6) is -0.147. The van der Waals surface area contributed by atoms with Gasteiger partial charge in [-0.25, -0.2) is 0 Å². The molecular weight excluding hydrogens is 268 g/mol. The van der Waals surface area contributed by atoms with Gasteiger partial charge in [-0.3, -0.25) is 4.79 Å². The van der Waals surface area contributed by atoms with E-state index in [-0.39, 0.29) is 5.91 Å². The normalized spacial score (nSPS) is 11.3. The molecule has 0 spiro atoms. The molecule has 0 heterocycles. The molecule has 2 aromatic carbocycles. The van der Waals surface area contributed by atoms with Crippen LogP contribution in [0.15, 0.2) is 60.7 Å². The van der Waals surface area contributed by atoms with E-state index in [1.165, 1.54) is 0 Å². The number of thioether (sulfide) groups is 1. The van der Waals surface area contributed by atoms with Gasteiger partial charge >= 0.3 is 0 Å². The van der Waals surface area contributed by atoms with Crippen molar-refractivity contribution in [1.82, 2.24) is 5.32 Å². The second-order valence-corrected chi connectivity index (χ2v) is 5.09. The third-order valence-corrected chi connectivity index (χ3v) is 3.65. The van der Waals surface area contributed by atoms with Crippen molar-refractivity contribution >= 4 is 17.7 Å². The lowest BCUT2D eigenvalue weighted by molar-refractivity contribution is -0.120. The summed E-state index contributed by atoms with van der Waals surface area (Å²) in [4.78, 5) is 12.2. The van der Waals surface area contributed by atoms with Crippen LogP contribution in [-0.2, 0) is 11.3 Å². The second kappa shape index (κ2) is 7.37. The molecule has 2 aromatic rings. The highest BCUT2D eigenvalue weighted by Gasteiger charge is 2.20. The van der Waals surface area contributed by atoms with E-state index in [1.54, 1.807) is 0 Å². The van der Waals surface area contributed by atoms with E-state index < -0.39 is 5.25 Å². The number of nitriles is 1. The Hall–Kier alpha value is -2.25. The molecule has 0 aliphatic heterocycles. The SMILES string of the molecule is N#CSC(C(=O)NCc1ccccc1)c1ccccc1. The molecule has 0 radical (unpaired) electrons. The van der Waals surface area contributed by atoms with Crippen molar-refractivity contribution in [2.75, 3.05) is 0 Å². The van der Waals surface area contributed by atoms with E-state index in [0.717, 1.165) is 22.9 Å². The minimum Gasteiger partial charge on any atom is -0.351 e. The quantitative estimate of drug-likeness (QED) is 0.856. The first kappa shape index (κ1) is 14.2. The molecule has 20 heavy (non-hydrogen) atoms. The molecule has 0 fully saturated rings. The number of thiocyanates is 1. The zero-order valence-electron chi connectivity index (χ0n) is 10.8. The summed E-state index contributed by atoms with van der Waals surface area (Å²) < 4.78 is 0. The van der Waals surface area contributed by atoms with Crippen LogP contribution in [0.5, 0.6) is 0 Å². The first-order valence-electron chi connectivity index (χ1n) is 6.22. The molecule has 0 saturated heterocycles. The summed E-state index contributed by atoms with van der Waals surface area (Å²) in [5, 5.41) is 13.2. The van der Waals surface area contributed by atoms with Gasteiger partial charge in [0.1, 0.15) is 10.7 Å². The fourth-order valence-electron chi connectivity index (χ4n) is 1.83. The van der Waals surface area contributed by atoms with Gasteiger partial charge in [0.2, 0.25) is 5.91 Å². The predicted molar refractivity (Wildman–Crippen MR) is 80.7 cm³/mol. The lowest BCUT2D eigenvalue weighted by Crippen LogP contribution is -2.27. The van der Waals surface area contributed by atoms with Crippen molar-refractivity contribution in [3.8, 4) is 5.40 Å². The lowest BCUT2D eigenvalue weighted by Gasteiger charge is -2.13. The van der Waals surface area contributed by atoms with E-state index in [4.69, 9.17) is 5.26 Å².